The lowest BCUT2D eigenvalue weighted by atomic mass is 9.78. The van der Waals surface area contributed by atoms with Gasteiger partial charge in [-0.3, -0.25) is 9.78 Å². The van der Waals surface area contributed by atoms with E-state index in [0.29, 0.717) is 18.6 Å². The first-order chi connectivity index (χ1) is 14.4. The number of anilines is 1. The van der Waals surface area contributed by atoms with E-state index in [0.717, 1.165) is 39.0 Å². The van der Waals surface area contributed by atoms with Gasteiger partial charge >= 0.3 is 0 Å². The van der Waals surface area contributed by atoms with E-state index in [-0.39, 0.29) is 16.7 Å². The summed E-state index contributed by atoms with van der Waals surface area (Å²) in [6, 6.07) is 13.9. The first-order valence-electron chi connectivity index (χ1n) is 10.9. The Morgan fingerprint density at radius 2 is 1.58 bits per heavy atom. The number of phenols is 1. The lowest BCUT2D eigenvalue weighted by Gasteiger charge is -2.28. The smallest absolute Gasteiger partial charge is 0.224 e. The molecule has 1 heterocycles. The largest absolute Gasteiger partial charge is 0.507 e. The molecule has 4 nitrogen and oxygen atoms in total. The molecular weight excluding hydrogens is 384 g/mol. The van der Waals surface area contributed by atoms with Crippen molar-refractivity contribution in [2.75, 3.05) is 5.32 Å². The molecular formula is C27H34N2O2. The second kappa shape index (κ2) is 8.33. The fourth-order valence-electron chi connectivity index (χ4n) is 3.80. The summed E-state index contributed by atoms with van der Waals surface area (Å²) in [4.78, 5) is 17.3. The maximum atomic E-state index is 12.8. The molecule has 0 saturated heterocycles. The number of nitrogens with one attached hydrogen (secondary N) is 1. The number of rotatable bonds is 4. The lowest BCUT2D eigenvalue weighted by molar-refractivity contribution is -0.116. The van der Waals surface area contributed by atoms with Crippen LogP contribution in [0.25, 0.3) is 10.9 Å². The minimum absolute atomic E-state index is 0.0431. The molecule has 3 rings (SSSR count). The number of nitrogens with zero attached hydrogens (tertiary/aromatic N) is 1. The van der Waals surface area contributed by atoms with Crippen LogP contribution in [0.2, 0.25) is 0 Å². The van der Waals surface area contributed by atoms with Gasteiger partial charge in [-0.1, -0.05) is 71.9 Å². The van der Waals surface area contributed by atoms with Gasteiger partial charge in [0.05, 0.1) is 11.2 Å². The van der Waals surface area contributed by atoms with Gasteiger partial charge in [0.15, 0.2) is 0 Å². The molecule has 0 saturated carbocycles. The van der Waals surface area contributed by atoms with Crippen molar-refractivity contribution < 1.29 is 9.90 Å². The number of aromatic nitrogens is 1. The number of benzene rings is 2. The molecule has 0 atom stereocenters. The Balaban J connectivity index is 1.83. The summed E-state index contributed by atoms with van der Waals surface area (Å²) in [5.74, 6) is 0.323. The monoisotopic (exact) mass is 418 g/mol. The van der Waals surface area contributed by atoms with Crippen LogP contribution in [-0.4, -0.2) is 16.0 Å². The molecule has 0 bridgehead atoms. The SMILES string of the molecule is Cc1ccc2cccc(NC(=O)CCc3cc(C(C)(C)C)c(O)c(C(C)(C)C)c3)c2n1. The van der Waals surface area contributed by atoms with E-state index in [1.54, 1.807) is 0 Å². The molecule has 2 aromatic carbocycles. The predicted molar refractivity (Wildman–Crippen MR) is 129 cm³/mol. The van der Waals surface area contributed by atoms with Crippen molar-refractivity contribution in [1.29, 1.82) is 0 Å². The maximum Gasteiger partial charge on any atom is 0.224 e. The molecule has 0 aliphatic carbocycles. The third-order valence-electron chi connectivity index (χ3n) is 5.56. The van der Waals surface area contributed by atoms with E-state index in [2.05, 4.69) is 51.8 Å². The summed E-state index contributed by atoms with van der Waals surface area (Å²) < 4.78 is 0. The van der Waals surface area contributed by atoms with Crippen molar-refractivity contribution in [2.45, 2.75) is 72.1 Å². The highest BCUT2D eigenvalue weighted by atomic mass is 16.3. The van der Waals surface area contributed by atoms with E-state index < -0.39 is 0 Å². The van der Waals surface area contributed by atoms with Gasteiger partial charge in [0.25, 0.3) is 0 Å². The molecule has 0 radical (unpaired) electrons. The number of carbonyl (C=O) groups is 1. The fraction of sp³-hybridized carbons (Fsp3) is 0.407. The Kier molecular flexibility index (Phi) is 6.13. The van der Waals surface area contributed by atoms with Crippen LogP contribution in [0.5, 0.6) is 5.75 Å². The average molecular weight is 419 g/mol. The molecule has 3 aromatic rings. The minimum atomic E-state index is -0.186. The summed E-state index contributed by atoms with van der Waals surface area (Å²) in [6.45, 7) is 14.5. The third kappa shape index (κ3) is 5.25. The highest BCUT2D eigenvalue weighted by Crippen LogP contribution is 2.40. The Morgan fingerprint density at radius 3 is 2.16 bits per heavy atom. The van der Waals surface area contributed by atoms with E-state index >= 15 is 0 Å². The summed E-state index contributed by atoms with van der Waals surface area (Å²) in [6.07, 6.45) is 0.968. The van der Waals surface area contributed by atoms with Crippen LogP contribution in [0.3, 0.4) is 0 Å². The van der Waals surface area contributed by atoms with Crippen LogP contribution in [0.15, 0.2) is 42.5 Å². The first-order valence-corrected chi connectivity index (χ1v) is 10.9. The van der Waals surface area contributed by atoms with E-state index in [4.69, 9.17) is 0 Å². The summed E-state index contributed by atoms with van der Waals surface area (Å²) in [5.41, 5.74) is 5.00. The number of hydrogen-bond donors (Lipinski definition) is 2. The highest BCUT2D eigenvalue weighted by molar-refractivity contribution is 6.00. The quantitative estimate of drug-likeness (QED) is 0.514. The van der Waals surface area contributed by atoms with Gasteiger partial charge in [0, 0.05) is 17.5 Å². The summed E-state index contributed by atoms with van der Waals surface area (Å²) >= 11 is 0. The number of aryl methyl sites for hydroxylation is 2. The minimum Gasteiger partial charge on any atom is -0.507 e. The molecule has 164 valence electrons. The van der Waals surface area contributed by atoms with E-state index in [9.17, 15) is 9.90 Å². The first kappa shape index (κ1) is 22.8. The number of para-hydroxylation sites is 1. The van der Waals surface area contributed by atoms with Crippen molar-refractivity contribution in [3.05, 3.63) is 64.8 Å². The number of phenolic OH excluding ortho intramolecular Hbond substituents is 1. The van der Waals surface area contributed by atoms with Crippen LogP contribution in [0, 0.1) is 6.92 Å². The van der Waals surface area contributed by atoms with Crippen LogP contribution in [0.1, 0.15) is 70.3 Å². The van der Waals surface area contributed by atoms with Gasteiger partial charge in [-0.05, 0) is 53.0 Å². The van der Waals surface area contributed by atoms with Gasteiger partial charge < -0.3 is 10.4 Å². The normalized spacial score (nSPS) is 12.2. The predicted octanol–water partition coefficient (Wildman–Crippen LogP) is 6.42. The number of carbonyl (C=O) groups excluding carboxylic acids is 1. The zero-order chi connectivity index (χ0) is 23.0. The standard InChI is InChI=1S/C27H34N2O2/c1-17-11-13-19-9-8-10-22(24(19)28-17)29-23(30)14-12-18-15-20(26(2,3)4)25(31)21(16-18)27(5,6)7/h8-11,13,15-16,31H,12,14H2,1-7H3,(H,29,30). The topological polar surface area (TPSA) is 62.2 Å². The van der Waals surface area contributed by atoms with E-state index in [1.807, 2.05) is 49.4 Å². The number of pyridine rings is 1. The zero-order valence-electron chi connectivity index (χ0n) is 19.8. The highest BCUT2D eigenvalue weighted by Gasteiger charge is 2.26. The van der Waals surface area contributed by atoms with Gasteiger partial charge in [0.1, 0.15) is 5.75 Å². The van der Waals surface area contributed by atoms with Gasteiger partial charge in [-0.25, -0.2) is 0 Å². The molecule has 0 spiro atoms. The van der Waals surface area contributed by atoms with Crippen LogP contribution < -0.4 is 5.32 Å². The second-order valence-electron chi connectivity index (χ2n) is 10.4. The van der Waals surface area contributed by atoms with Crippen molar-refractivity contribution in [1.82, 2.24) is 4.98 Å². The number of hydrogen-bond acceptors (Lipinski definition) is 3. The zero-order valence-corrected chi connectivity index (χ0v) is 19.8. The van der Waals surface area contributed by atoms with Crippen LogP contribution in [-0.2, 0) is 22.0 Å². The molecule has 1 amide bonds. The molecule has 0 aliphatic rings. The fourth-order valence-corrected chi connectivity index (χ4v) is 3.80. The Labute approximate surface area is 185 Å². The Hall–Kier alpha value is -2.88. The second-order valence-corrected chi connectivity index (χ2v) is 10.4. The van der Waals surface area contributed by atoms with Crippen molar-refractivity contribution in [2.24, 2.45) is 0 Å². The van der Waals surface area contributed by atoms with Gasteiger partial charge in [-0.15, -0.1) is 0 Å². The summed E-state index contributed by atoms with van der Waals surface area (Å²) in [5, 5.41) is 14.9. The Bertz CT molecular complexity index is 1080. The number of fused-ring (bicyclic) bond motifs is 1. The van der Waals surface area contributed by atoms with Gasteiger partial charge in [0.2, 0.25) is 5.91 Å². The number of amides is 1. The molecule has 31 heavy (non-hydrogen) atoms. The molecule has 0 unspecified atom stereocenters. The van der Waals surface area contributed by atoms with Crippen LogP contribution in [0.4, 0.5) is 5.69 Å². The molecule has 1 aromatic heterocycles. The maximum absolute atomic E-state index is 12.8. The Morgan fingerprint density at radius 1 is 0.968 bits per heavy atom. The molecule has 0 fully saturated rings. The van der Waals surface area contributed by atoms with Crippen molar-refractivity contribution in [3.63, 3.8) is 0 Å². The van der Waals surface area contributed by atoms with Crippen molar-refractivity contribution in [3.8, 4) is 5.75 Å². The van der Waals surface area contributed by atoms with Crippen molar-refractivity contribution >= 4 is 22.5 Å². The number of aromatic hydroxyl groups is 1. The van der Waals surface area contributed by atoms with Gasteiger partial charge in [-0.2, -0.15) is 0 Å². The lowest BCUT2D eigenvalue weighted by Crippen LogP contribution is -2.18. The van der Waals surface area contributed by atoms with E-state index in [1.165, 1.54) is 0 Å². The molecule has 4 heteroatoms. The summed E-state index contributed by atoms with van der Waals surface area (Å²) in [7, 11) is 0. The molecule has 0 aliphatic heterocycles. The molecule has 2 N–H and O–H groups in total. The van der Waals surface area contributed by atoms with Crippen LogP contribution >= 0.6 is 0 Å². The third-order valence-corrected chi connectivity index (χ3v) is 5.56. The average Bonchev–Trinajstić information content (AvgIpc) is 2.65.